The molecule has 1 heterocycles. The quantitative estimate of drug-likeness (QED) is 0.562. The van der Waals surface area contributed by atoms with Crippen LogP contribution in [0, 0.1) is 0 Å². The number of hydrogen-bond acceptors (Lipinski definition) is 5. The highest BCUT2D eigenvalue weighted by Crippen LogP contribution is 2.21. The summed E-state index contributed by atoms with van der Waals surface area (Å²) in [6.45, 7) is 0.796. The molecule has 1 N–H and O–H groups in total. The SMILES string of the molecule is O=C(NCC(=O)N1CCN(S(=O)(=O)c2ccccc2)CC1)c1ccc(Oc2ccccc2)cc1. The highest BCUT2D eigenvalue weighted by Gasteiger charge is 2.30. The molecule has 1 aliphatic heterocycles. The van der Waals surface area contributed by atoms with Crippen LogP contribution in [-0.2, 0) is 14.8 Å². The molecule has 0 spiro atoms. The Bertz CT molecular complexity index is 1220. The third kappa shape index (κ3) is 5.62. The Kier molecular flexibility index (Phi) is 7.24. The summed E-state index contributed by atoms with van der Waals surface area (Å²) in [6.07, 6.45) is 0. The van der Waals surface area contributed by atoms with Crippen molar-refractivity contribution in [1.82, 2.24) is 14.5 Å². The Hall–Kier alpha value is -3.69. The fourth-order valence-electron chi connectivity index (χ4n) is 3.59. The Morgan fingerprint density at radius 2 is 1.32 bits per heavy atom. The van der Waals surface area contributed by atoms with Gasteiger partial charge in [-0.2, -0.15) is 4.31 Å². The molecule has 1 fully saturated rings. The molecule has 0 unspecified atom stereocenters. The van der Waals surface area contributed by atoms with Crippen LogP contribution in [0.3, 0.4) is 0 Å². The number of benzene rings is 3. The van der Waals surface area contributed by atoms with Gasteiger partial charge in [0.2, 0.25) is 15.9 Å². The number of ether oxygens (including phenoxy) is 1. The number of hydrogen-bond donors (Lipinski definition) is 1. The molecule has 0 bridgehead atoms. The van der Waals surface area contributed by atoms with E-state index in [2.05, 4.69) is 5.32 Å². The minimum atomic E-state index is -3.58. The third-order valence-electron chi connectivity index (χ3n) is 5.47. The first-order valence-electron chi connectivity index (χ1n) is 10.9. The van der Waals surface area contributed by atoms with Crippen molar-refractivity contribution in [2.24, 2.45) is 0 Å². The van der Waals surface area contributed by atoms with Crippen molar-refractivity contribution in [2.75, 3.05) is 32.7 Å². The van der Waals surface area contributed by atoms with Crippen molar-refractivity contribution in [2.45, 2.75) is 4.90 Å². The van der Waals surface area contributed by atoms with E-state index >= 15 is 0 Å². The van der Waals surface area contributed by atoms with Crippen LogP contribution >= 0.6 is 0 Å². The van der Waals surface area contributed by atoms with Gasteiger partial charge in [0.25, 0.3) is 5.91 Å². The van der Waals surface area contributed by atoms with E-state index < -0.39 is 10.0 Å². The van der Waals surface area contributed by atoms with Crippen LogP contribution < -0.4 is 10.1 Å². The molecule has 8 nitrogen and oxygen atoms in total. The smallest absolute Gasteiger partial charge is 0.251 e. The maximum Gasteiger partial charge on any atom is 0.251 e. The molecule has 4 rings (SSSR count). The zero-order chi connectivity index (χ0) is 24.0. The van der Waals surface area contributed by atoms with Crippen molar-refractivity contribution in [3.8, 4) is 11.5 Å². The predicted octanol–water partition coefficient (Wildman–Crippen LogP) is 2.74. The first-order chi connectivity index (χ1) is 16.4. The number of para-hydroxylation sites is 1. The van der Waals surface area contributed by atoms with Crippen LogP contribution in [0.1, 0.15) is 10.4 Å². The van der Waals surface area contributed by atoms with Gasteiger partial charge >= 0.3 is 0 Å². The standard InChI is InChI=1S/C25H25N3O5S/c29-24(27-15-17-28(18-16-27)34(31,32)23-9-5-2-6-10-23)19-26-25(30)20-11-13-22(14-12-20)33-21-7-3-1-4-8-21/h1-14H,15-19H2,(H,26,30). The van der Waals surface area contributed by atoms with E-state index in [1.807, 2.05) is 30.3 Å². The number of sulfonamides is 1. The van der Waals surface area contributed by atoms with Gasteiger partial charge < -0.3 is 15.0 Å². The summed E-state index contributed by atoms with van der Waals surface area (Å²) in [4.78, 5) is 26.8. The minimum Gasteiger partial charge on any atom is -0.457 e. The van der Waals surface area contributed by atoms with Gasteiger partial charge in [-0.15, -0.1) is 0 Å². The maximum atomic E-state index is 12.7. The van der Waals surface area contributed by atoms with Gasteiger partial charge in [-0.3, -0.25) is 9.59 Å². The third-order valence-corrected chi connectivity index (χ3v) is 7.38. The summed E-state index contributed by atoms with van der Waals surface area (Å²) < 4.78 is 32.5. The lowest BCUT2D eigenvalue weighted by Gasteiger charge is -2.34. The van der Waals surface area contributed by atoms with Crippen LogP contribution in [0.5, 0.6) is 11.5 Å². The number of piperazine rings is 1. The molecule has 34 heavy (non-hydrogen) atoms. The second-order valence-corrected chi connectivity index (χ2v) is 9.66. The maximum absolute atomic E-state index is 12.7. The minimum absolute atomic E-state index is 0.160. The van der Waals surface area contributed by atoms with E-state index in [9.17, 15) is 18.0 Å². The van der Waals surface area contributed by atoms with E-state index in [4.69, 9.17) is 4.74 Å². The largest absolute Gasteiger partial charge is 0.457 e. The van der Waals surface area contributed by atoms with Gasteiger partial charge in [0.1, 0.15) is 11.5 Å². The molecule has 0 saturated carbocycles. The molecule has 176 valence electrons. The molecule has 0 aromatic heterocycles. The second-order valence-electron chi connectivity index (χ2n) is 7.72. The van der Waals surface area contributed by atoms with Crippen molar-refractivity contribution in [3.05, 3.63) is 90.5 Å². The van der Waals surface area contributed by atoms with Crippen molar-refractivity contribution < 1.29 is 22.7 Å². The number of amides is 2. The summed E-state index contributed by atoms with van der Waals surface area (Å²) in [7, 11) is -3.58. The average Bonchev–Trinajstić information content (AvgIpc) is 2.88. The molecular weight excluding hydrogens is 454 g/mol. The van der Waals surface area contributed by atoms with E-state index in [0.29, 0.717) is 17.1 Å². The van der Waals surface area contributed by atoms with E-state index in [0.717, 1.165) is 0 Å². The first kappa shape index (κ1) is 23.5. The molecule has 1 aliphatic rings. The molecule has 1 saturated heterocycles. The van der Waals surface area contributed by atoms with Gasteiger partial charge in [0, 0.05) is 31.7 Å². The lowest BCUT2D eigenvalue weighted by atomic mass is 10.2. The van der Waals surface area contributed by atoms with Crippen molar-refractivity contribution in [3.63, 3.8) is 0 Å². The van der Waals surface area contributed by atoms with Gasteiger partial charge in [0.05, 0.1) is 11.4 Å². The van der Waals surface area contributed by atoms with Crippen molar-refractivity contribution >= 4 is 21.8 Å². The summed E-state index contributed by atoms with van der Waals surface area (Å²) in [5.74, 6) is 0.670. The van der Waals surface area contributed by atoms with E-state index in [1.54, 1.807) is 59.5 Å². The van der Waals surface area contributed by atoms with Gasteiger partial charge in [-0.1, -0.05) is 36.4 Å². The molecule has 0 radical (unpaired) electrons. The highest BCUT2D eigenvalue weighted by molar-refractivity contribution is 7.89. The molecular formula is C25H25N3O5S. The first-order valence-corrected chi connectivity index (χ1v) is 12.3. The molecule has 3 aromatic rings. The Balaban J connectivity index is 1.25. The number of carbonyl (C=O) groups excluding carboxylic acids is 2. The van der Waals surface area contributed by atoms with Crippen LogP contribution in [-0.4, -0.2) is 62.2 Å². The van der Waals surface area contributed by atoms with Crippen LogP contribution in [0.15, 0.2) is 89.8 Å². The summed E-state index contributed by atoms with van der Waals surface area (Å²) in [6, 6.07) is 24.2. The summed E-state index contributed by atoms with van der Waals surface area (Å²) in [5.41, 5.74) is 0.409. The van der Waals surface area contributed by atoms with Gasteiger partial charge in [-0.25, -0.2) is 8.42 Å². The number of carbonyl (C=O) groups is 2. The summed E-state index contributed by atoms with van der Waals surface area (Å²) in [5, 5.41) is 2.63. The van der Waals surface area contributed by atoms with E-state index in [-0.39, 0.29) is 49.4 Å². The number of rotatable bonds is 7. The van der Waals surface area contributed by atoms with Gasteiger partial charge in [-0.05, 0) is 48.5 Å². The summed E-state index contributed by atoms with van der Waals surface area (Å²) >= 11 is 0. The zero-order valence-electron chi connectivity index (χ0n) is 18.5. The fourth-order valence-corrected chi connectivity index (χ4v) is 5.03. The molecule has 2 amide bonds. The van der Waals surface area contributed by atoms with E-state index in [1.165, 1.54) is 4.31 Å². The average molecular weight is 480 g/mol. The Labute approximate surface area is 198 Å². The monoisotopic (exact) mass is 479 g/mol. The fraction of sp³-hybridized carbons (Fsp3) is 0.200. The molecule has 3 aromatic carbocycles. The normalized spacial score (nSPS) is 14.4. The molecule has 9 heteroatoms. The lowest BCUT2D eigenvalue weighted by Crippen LogP contribution is -2.52. The Morgan fingerprint density at radius 1 is 0.765 bits per heavy atom. The number of nitrogens with zero attached hydrogens (tertiary/aromatic N) is 2. The van der Waals surface area contributed by atoms with Crippen LogP contribution in [0.2, 0.25) is 0 Å². The molecule has 0 atom stereocenters. The Morgan fingerprint density at radius 3 is 1.94 bits per heavy atom. The van der Waals surface area contributed by atoms with Crippen molar-refractivity contribution in [1.29, 1.82) is 0 Å². The topological polar surface area (TPSA) is 96.0 Å². The second kappa shape index (κ2) is 10.5. The zero-order valence-corrected chi connectivity index (χ0v) is 19.3. The van der Waals surface area contributed by atoms with Crippen LogP contribution in [0.4, 0.5) is 0 Å². The predicted molar refractivity (Wildman–Crippen MR) is 127 cm³/mol. The highest BCUT2D eigenvalue weighted by atomic mass is 32.2. The number of nitrogens with one attached hydrogen (secondary N) is 1. The molecule has 0 aliphatic carbocycles. The van der Waals surface area contributed by atoms with Gasteiger partial charge in [0.15, 0.2) is 0 Å². The lowest BCUT2D eigenvalue weighted by molar-refractivity contribution is -0.131. The van der Waals surface area contributed by atoms with Crippen LogP contribution in [0.25, 0.3) is 0 Å².